The summed E-state index contributed by atoms with van der Waals surface area (Å²) in [6.07, 6.45) is 1.84. The Hall–Kier alpha value is -2.61. The quantitative estimate of drug-likeness (QED) is 0.564. The van der Waals surface area contributed by atoms with Gasteiger partial charge in [0.2, 0.25) is 0 Å². The van der Waals surface area contributed by atoms with Gasteiger partial charge in [0.15, 0.2) is 0 Å². The maximum atomic E-state index is 12.4. The zero-order chi connectivity index (χ0) is 22.2. The molecule has 1 saturated heterocycles. The number of piperidine rings is 1. The van der Waals surface area contributed by atoms with Crippen molar-refractivity contribution in [1.82, 2.24) is 19.8 Å². The summed E-state index contributed by atoms with van der Waals surface area (Å²) < 4.78 is 1.90. The van der Waals surface area contributed by atoms with Gasteiger partial charge in [0.25, 0.3) is 5.91 Å². The number of para-hydroxylation sites is 2. The molecule has 0 atom stereocenters. The van der Waals surface area contributed by atoms with Gasteiger partial charge in [0, 0.05) is 49.4 Å². The molecule has 0 radical (unpaired) electrons. The molecule has 8 heteroatoms. The van der Waals surface area contributed by atoms with Crippen LogP contribution in [0.4, 0.5) is 0 Å². The topological polar surface area (TPSA) is 90.4 Å². The second kappa shape index (κ2) is 11.1. The number of carbonyl (C=O) groups is 1. The smallest absolute Gasteiger partial charge is 0.326 e. The summed E-state index contributed by atoms with van der Waals surface area (Å²) in [6, 6.07) is 15.0. The van der Waals surface area contributed by atoms with Gasteiger partial charge in [-0.1, -0.05) is 29.8 Å². The average molecular weight is 445 g/mol. The van der Waals surface area contributed by atoms with Gasteiger partial charge in [0.1, 0.15) is 0 Å². The van der Waals surface area contributed by atoms with E-state index in [9.17, 15) is 9.59 Å². The maximum Gasteiger partial charge on any atom is 0.326 e. The number of carbonyl (C=O) groups excluding carboxylic acids is 1. The van der Waals surface area contributed by atoms with Gasteiger partial charge in [-0.25, -0.2) is 4.79 Å². The fourth-order valence-electron chi connectivity index (χ4n) is 3.90. The number of halogens is 1. The second-order valence-electron chi connectivity index (χ2n) is 7.47. The summed E-state index contributed by atoms with van der Waals surface area (Å²) >= 11 is 5.93. The molecule has 1 aliphatic heterocycles. The summed E-state index contributed by atoms with van der Waals surface area (Å²) in [5.74, 6) is -0.109. The van der Waals surface area contributed by atoms with E-state index in [0.717, 1.165) is 43.5 Å². The standard InChI is InChI=1S/C21H23ClN4O2.C2H6O/c22-16-5-3-4-15(14-16)20(27)23-10-13-25-11-8-17(9-12-25)26-19-7-2-1-6-18(19)24-21(26)28;1-2-3/h1-7,14,17H,8-13H2,(H,23,27)(H,24,28);3H,2H2,1H3. The number of H-pyrrole nitrogens is 1. The van der Waals surface area contributed by atoms with Crippen molar-refractivity contribution in [1.29, 1.82) is 0 Å². The number of nitrogens with zero attached hydrogens (tertiary/aromatic N) is 2. The Balaban J connectivity index is 0.000000858. The third-order valence-electron chi connectivity index (χ3n) is 5.35. The minimum absolute atomic E-state index is 0.0339. The van der Waals surface area contributed by atoms with Crippen molar-refractivity contribution in [3.05, 3.63) is 69.6 Å². The molecule has 0 aliphatic carbocycles. The third-order valence-corrected chi connectivity index (χ3v) is 5.58. The van der Waals surface area contributed by atoms with Crippen LogP contribution in [-0.2, 0) is 0 Å². The van der Waals surface area contributed by atoms with Gasteiger partial charge < -0.3 is 20.3 Å². The monoisotopic (exact) mass is 444 g/mol. The fourth-order valence-corrected chi connectivity index (χ4v) is 4.09. The van der Waals surface area contributed by atoms with Crippen LogP contribution in [0.5, 0.6) is 0 Å². The highest BCUT2D eigenvalue weighted by Gasteiger charge is 2.23. The lowest BCUT2D eigenvalue weighted by Crippen LogP contribution is -2.41. The van der Waals surface area contributed by atoms with Crippen LogP contribution in [0.15, 0.2) is 53.3 Å². The number of imidazole rings is 1. The summed E-state index contributed by atoms with van der Waals surface area (Å²) in [5, 5.41) is 11.1. The molecule has 1 aliphatic rings. The van der Waals surface area contributed by atoms with Crippen LogP contribution in [0.1, 0.15) is 36.2 Å². The van der Waals surface area contributed by atoms with Crippen molar-refractivity contribution in [2.24, 2.45) is 0 Å². The van der Waals surface area contributed by atoms with Gasteiger partial charge in [-0.05, 0) is 50.1 Å². The van der Waals surface area contributed by atoms with E-state index in [0.29, 0.717) is 17.1 Å². The zero-order valence-electron chi connectivity index (χ0n) is 17.7. The highest BCUT2D eigenvalue weighted by molar-refractivity contribution is 6.30. The lowest BCUT2D eigenvalue weighted by atomic mass is 10.0. The van der Waals surface area contributed by atoms with E-state index in [2.05, 4.69) is 15.2 Å². The predicted octanol–water partition coefficient (Wildman–Crippen LogP) is 3.05. The average Bonchev–Trinajstić information content (AvgIpc) is 3.10. The number of hydrogen-bond acceptors (Lipinski definition) is 4. The van der Waals surface area contributed by atoms with E-state index in [-0.39, 0.29) is 24.2 Å². The number of aliphatic hydroxyl groups excluding tert-OH is 1. The molecule has 7 nitrogen and oxygen atoms in total. The summed E-state index contributed by atoms with van der Waals surface area (Å²) in [6.45, 7) is 5.12. The highest BCUT2D eigenvalue weighted by Crippen LogP contribution is 2.24. The highest BCUT2D eigenvalue weighted by atomic mass is 35.5. The van der Waals surface area contributed by atoms with Crippen molar-refractivity contribution < 1.29 is 9.90 Å². The normalized spacial score (nSPS) is 14.8. The first-order valence-corrected chi connectivity index (χ1v) is 11.0. The van der Waals surface area contributed by atoms with Gasteiger partial charge >= 0.3 is 5.69 Å². The van der Waals surface area contributed by atoms with Crippen LogP contribution >= 0.6 is 11.6 Å². The molecule has 1 fully saturated rings. The lowest BCUT2D eigenvalue weighted by Gasteiger charge is -2.32. The molecule has 31 heavy (non-hydrogen) atoms. The van der Waals surface area contributed by atoms with Crippen molar-refractivity contribution in [2.75, 3.05) is 32.8 Å². The molecule has 2 heterocycles. The van der Waals surface area contributed by atoms with Crippen LogP contribution in [0.2, 0.25) is 5.02 Å². The number of nitrogens with one attached hydrogen (secondary N) is 2. The van der Waals surface area contributed by atoms with E-state index < -0.39 is 0 Å². The number of amides is 1. The number of fused-ring (bicyclic) bond motifs is 1. The van der Waals surface area contributed by atoms with Crippen molar-refractivity contribution in [3.8, 4) is 0 Å². The predicted molar refractivity (Wildman–Crippen MR) is 124 cm³/mol. The van der Waals surface area contributed by atoms with Gasteiger partial charge in [0.05, 0.1) is 11.0 Å². The van der Waals surface area contributed by atoms with E-state index >= 15 is 0 Å². The van der Waals surface area contributed by atoms with Crippen LogP contribution < -0.4 is 11.0 Å². The van der Waals surface area contributed by atoms with Crippen molar-refractivity contribution in [3.63, 3.8) is 0 Å². The molecular formula is C23H29ClN4O3. The first kappa shape index (κ1) is 23.1. The van der Waals surface area contributed by atoms with E-state index in [4.69, 9.17) is 16.7 Å². The van der Waals surface area contributed by atoms with Crippen molar-refractivity contribution in [2.45, 2.75) is 25.8 Å². The van der Waals surface area contributed by atoms with Crippen LogP contribution in [-0.4, -0.2) is 58.3 Å². The number of benzene rings is 2. The number of likely N-dealkylation sites (tertiary alicyclic amines) is 1. The summed E-state index contributed by atoms with van der Waals surface area (Å²) in [4.78, 5) is 29.8. The number of hydrogen-bond donors (Lipinski definition) is 3. The molecule has 2 aromatic carbocycles. The van der Waals surface area contributed by atoms with E-state index in [1.54, 1.807) is 31.2 Å². The second-order valence-corrected chi connectivity index (χ2v) is 7.91. The van der Waals surface area contributed by atoms with Crippen LogP contribution in [0.25, 0.3) is 11.0 Å². The minimum atomic E-state index is -0.109. The first-order chi connectivity index (χ1) is 15.0. The molecular weight excluding hydrogens is 416 g/mol. The largest absolute Gasteiger partial charge is 0.397 e. The number of aromatic nitrogens is 2. The molecule has 0 bridgehead atoms. The Morgan fingerprint density at radius 3 is 2.61 bits per heavy atom. The van der Waals surface area contributed by atoms with Gasteiger partial charge in [-0.2, -0.15) is 0 Å². The molecule has 1 aromatic heterocycles. The SMILES string of the molecule is CCO.O=C(NCCN1CCC(n2c(=O)[nH]c3ccccc32)CC1)c1cccc(Cl)c1. The molecule has 4 rings (SSSR count). The third kappa shape index (κ3) is 5.97. The molecule has 166 valence electrons. The Morgan fingerprint density at radius 1 is 1.19 bits per heavy atom. The summed E-state index contributed by atoms with van der Waals surface area (Å²) in [7, 11) is 0. The Bertz CT molecular complexity index is 1050. The van der Waals surface area contributed by atoms with Gasteiger partial charge in [-0.3, -0.25) is 9.36 Å². The molecule has 3 aromatic rings. The minimum Gasteiger partial charge on any atom is -0.397 e. The van der Waals surface area contributed by atoms with E-state index in [1.807, 2.05) is 28.8 Å². The maximum absolute atomic E-state index is 12.4. The molecule has 3 N–H and O–H groups in total. The molecule has 0 saturated carbocycles. The van der Waals surface area contributed by atoms with Crippen LogP contribution in [0.3, 0.4) is 0 Å². The Kier molecular flexibility index (Phi) is 8.28. The molecule has 0 spiro atoms. The fraction of sp³-hybridized carbons (Fsp3) is 0.391. The first-order valence-electron chi connectivity index (χ1n) is 10.6. The Morgan fingerprint density at radius 2 is 1.90 bits per heavy atom. The number of aromatic amines is 1. The van der Waals surface area contributed by atoms with Crippen LogP contribution in [0, 0.1) is 0 Å². The zero-order valence-corrected chi connectivity index (χ0v) is 18.4. The molecule has 1 amide bonds. The van der Waals surface area contributed by atoms with Crippen molar-refractivity contribution >= 4 is 28.5 Å². The summed E-state index contributed by atoms with van der Waals surface area (Å²) in [5.41, 5.74) is 2.40. The Labute approximate surface area is 186 Å². The number of aliphatic hydroxyl groups is 1. The molecule has 0 unspecified atom stereocenters. The van der Waals surface area contributed by atoms with E-state index in [1.165, 1.54) is 0 Å². The lowest BCUT2D eigenvalue weighted by molar-refractivity contribution is 0.0944. The van der Waals surface area contributed by atoms with Gasteiger partial charge in [-0.15, -0.1) is 0 Å². The number of rotatable bonds is 5.